The van der Waals surface area contributed by atoms with E-state index in [0.29, 0.717) is 19.6 Å². The van der Waals surface area contributed by atoms with E-state index in [-0.39, 0.29) is 17.7 Å². The standard InChI is InChI=1S/C23H36N4O4/c1-23(2,3)31-22(30)25-14-13-24-20(28)18-12-9-15-27(16-18)19(21(29)26(4)5)17-10-7-6-8-11-17/h6-8,10-11,18-19H,9,12-16H2,1-5H3,(H,24,28)(H,25,30). The zero-order valence-electron chi connectivity index (χ0n) is 19.3. The first-order chi connectivity index (χ1) is 14.6. The fourth-order valence-electron chi connectivity index (χ4n) is 3.65. The van der Waals surface area contributed by atoms with Crippen LogP contribution >= 0.6 is 0 Å². The van der Waals surface area contributed by atoms with Crippen molar-refractivity contribution in [2.24, 2.45) is 5.92 Å². The van der Waals surface area contributed by atoms with Gasteiger partial charge in [-0.05, 0) is 45.7 Å². The molecule has 1 aliphatic heterocycles. The van der Waals surface area contributed by atoms with Crippen molar-refractivity contribution >= 4 is 17.9 Å². The Morgan fingerprint density at radius 3 is 2.39 bits per heavy atom. The Balaban J connectivity index is 1.92. The molecule has 31 heavy (non-hydrogen) atoms. The molecular formula is C23H36N4O4. The summed E-state index contributed by atoms with van der Waals surface area (Å²) in [7, 11) is 3.51. The third-order valence-corrected chi connectivity index (χ3v) is 5.07. The summed E-state index contributed by atoms with van der Waals surface area (Å²) >= 11 is 0. The molecule has 1 aliphatic rings. The van der Waals surface area contributed by atoms with Gasteiger partial charge in [-0.1, -0.05) is 30.3 Å². The zero-order valence-corrected chi connectivity index (χ0v) is 19.3. The lowest BCUT2D eigenvalue weighted by Gasteiger charge is -2.38. The van der Waals surface area contributed by atoms with Gasteiger partial charge in [0.1, 0.15) is 11.6 Å². The third kappa shape index (κ3) is 7.86. The van der Waals surface area contributed by atoms with E-state index in [1.165, 1.54) is 0 Å². The van der Waals surface area contributed by atoms with Crippen LogP contribution in [0.5, 0.6) is 0 Å². The average Bonchev–Trinajstić information content (AvgIpc) is 2.71. The van der Waals surface area contributed by atoms with Crippen LogP contribution in [0.2, 0.25) is 0 Å². The summed E-state index contributed by atoms with van der Waals surface area (Å²) in [4.78, 5) is 41.0. The second kappa shape index (κ2) is 11.1. The van der Waals surface area contributed by atoms with Gasteiger partial charge >= 0.3 is 6.09 Å². The number of carbonyl (C=O) groups excluding carboxylic acids is 3. The minimum absolute atomic E-state index is 0.00817. The number of piperidine rings is 1. The molecule has 172 valence electrons. The molecule has 0 aliphatic carbocycles. The number of alkyl carbamates (subject to hydrolysis) is 1. The van der Waals surface area contributed by atoms with Gasteiger partial charge in [-0.3, -0.25) is 14.5 Å². The maximum atomic E-state index is 12.9. The van der Waals surface area contributed by atoms with Gasteiger partial charge in [-0.25, -0.2) is 4.79 Å². The van der Waals surface area contributed by atoms with Gasteiger partial charge in [0.25, 0.3) is 0 Å². The molecule has 8 heteroatoms. The Hall–Kier alpha value is -2.61. The number of nitrogens with one attached hydrogen (secondary N) is 2. The van der Waals surface area contributed by atoms with E-state index in [4.69, 9.17) is 4.74 Å². The van der Waals surface area contributed by atoms with E-state index >= 15 is 0 Å². The molecule has 2 rings (SSSR count). The third-order valence-electron chi connectivity index (χ3n) is 5.07. The van der Waals surface area contributed by atoms with Crippen molar-refractivity contribution in [2.45, 2.75) is 45.3 Å². The maximum absolute atomic E-state index is 12.9. The molecule has 1 aromatic carbocycles. The number of likely N-dealkylation sites (tertiary alicyclic amines) is 1. The summed E-state index contributed by atoms with van der Waals surface area (Å²) < 4.78 is 5.18. The van der Waals surface area contributed by atoms with Crippen LogP contribution in [-0.4, -0.2) is 73.6 Å². The Labute approximate surface area is 185 Å². The average molecular weight is 433 g/mol. The van der Waals surface area contributed by atoms with Gasteiger partial charge < -0.3 is 20.3 Å². The van der Waals surface area contributed by atoms with Crippen LogP contribution < -0.4 is 10.6 Å². The van der Waals surface area contributed by atoms with E-state index < -0.39 is 17.7 Å². The van der Waals surface area contributed by atoms with Crippen molar-refractivity contribution in [3.8, 4) is 0 Å². The van der Waals surface area contributed by atoms with Crippen LogP contribution in [0.3, 0.4) is 0 Å². The number of hydrogen-bond acceptors (Lipinski definition) is 5. The van der Waals surface area contributed by atoms with E-state index in [9.17, 15) is 14.4 Å². The summed E-state index contributed by atoms with van der Waals surface area (Å²) in [5.74, 6) is -0.245. The predicted octanol–water partition coefficient (Wildman–Crippen LogP) is 2.17. The molecule has 0 radical (unpaired) electrons. The topological polar surface area (TPSA) is 91.0 Å². The van der Waals surface area contributed by atoms with Gasteiger partial charge in [0, 0.05) is 33.7 Å². The number of nitrogens with zero attached hydrogens (tertiary/aromatic N) is 2. The summed E-state index contributed by atoms with van der Waals surface area (Å²) in [6, 6.07) is 9.30. The highest BCUT2D eigenvalue weighted by Crippen LogP contribution is 2.28. The summed E-state index contributed by atoms with van der Waals surface area (Å²) in [5.41, 5.74) is 0.377. The lowest BCUT2D eigenvalue weighted by Crippen LogP contribution is -2.48. The second-order valence-electron chi connectivity index (χ2n) is 9.10. The molecule has 0 bridgehead atoms. The van der Waals surface area contributed by atoms with Crippen molar-refractivity contribution in [1.29, 1.82) is 0 Å². The molecule has 8 nitrogen and oxygen atoms in total. The number of likely N-dealkylation sites (N-methyl/N-ethyl adjacent to an activating group) is 1. The van der Waals surface area contributed by atoms with Crippen molar-refractivity contribution < 1.29 is 19.1 Å². The van der Waals surface area contributed by atoms with Crippen molar-refractivity contribution in [2.75, 3.05) is 40.3 Å². The molecule has 2 unspecified atom stereocenters. The Kier molecular flexibility index (Phi) is 8.86. The van der Waals surface area contributed by atoms with Gasteiger partial charge in [0.15, 0.2) is 0 Å². The first-order valence-electron chi connectivity index (χ1n) is 10.8. The highest BCUT2D eigenvalue weighted by Gasteiger charge is 2.34. The molecule has 3 amide bonds. The van der Waals surface area contributed by atoms with Gasteiger partial charge in [-0.2, -0.15) is 0 Å². The van der Waals surface area contributed by atoms with Crippen molar-refractivity contribution in [3.05, 3.63) is 35.9 Å². The summed E-state index contributed by atoms with van der Waals surface area (Å²) in [6.45, 7) is 7.30. The Morgan fingerprint density at radius 2 is 1.77 bits per heavy atom. The summed E-state index contributed by atoms with van der Waals surface area (Å²) in [6.07, 6.45) is 1.12. The molecule has 2 N–H and O–H groups in total. The van der Waals surface area contributed by atoms with Crippen LogP contribution in [-0.2, 0) is 14.3 Å². The lowest BCUT2D eigenvalue weighted by atomic mass is 9.93. The molecule has 0 spiro atoms. The molecule has 0 saturated carbocycles. The molecule has 1 heterocycles. The molecule has 0 aromatic heterocycles. The zero-order chi connectivity index (χ0) is 23.0. The molecule has 2 atom stereocenters. The normalized spacial score (nSPS) is 18.0. The van der Waals surface area contributed by atoms with Gasteiger partial charge in [-0.15, -0.1) is 0 Å². The number of carbonyl (C=O) groups is 3. The number of benzene rings is 1. The monoisotopic (exact) mass is 432 g/mol. The van der Waals surface area contributed by atoms with E-state index in [1.54, 1.807) is 39.8 Å². The number of rotatable bonds is 7. The second-order valence-corrected chi connectivity index (χ2v) is 9.10. The van der Waals surface area contributed by atoms with Crippen LogP contribution in [0.4, 0.5) is 4.79 Å². The number of amides is 3. The first-order valence-corrected chi connectivity index (χ1v) is 10.8. The molecule has 1 fully saturated rings. The Bertz CT molecular complexity index is 746. The largest absolute Gasteiger partial charge is 0.444 e. The van der Waals surface area contributed by atoms with Crippen LogP contribution in [0, 0.1) is 5.92 Å². The predicted molar refractivity (Wildman–Crippen MR) is 119 cm³/mol. The first kappa shape index (κ1) is 24.7. The minimum Gasteiger partial charge on any atom is -0.444 e. The van der Waals surface area contributed by atoms with Crippen LogP contribution in [0.1, 0.15) is 45.2 Å². The molecule has 1 saturated heterocycles. The van der Waals surface area contributed by atoms with Crippen molar-refractivity contribution in [3.63, 3.8) is 0 Å². The fourth-order valence-corrected chi connectivity index (χ4v) is 3.65. The highest BCUT2D eigenvalue weighted by molar-refractivity contribution is 5.83. The smallest absolute Gasteiger partial charge is 0.407 e. The quantitative estimate of drug-likeness (QED) is 0.645. The SMILES string of the molecule is CN(C)C(=O)C(c1ccccc1)N1CCCC(C(=O)NCCNC(=O)OC(C)(C)C)C1. The van der Waals surface area contributed by atoms with E-state index in [0.717, 1.165) is 24.9 Å². The van der Waals surface area contributed by atoms with Crippen LogP contribution in [0.15, 0.2) is 30.3 Å². The lowest BCUT2D eigenvalue weighted by molar-refractivity contribution is -0.137. The number of hydrogen-bond donors (Lipinski definition) is 2. The Morgan fingerprint density at radius 1 is 1.13 bits per heavy atom. The van der Waals surface area contributed by atoms with Gasteiger partial charge in [0.05, 0.1) is 5.92 Å². The molecular weight excluding hydrogens is 396 g/mol. The minimum atomic E-state index is -0.557. The maximum Gasteiger partial charge on any atom is 0.407 e. The van der Waals surface area contributed by atoms with Gasteiger partial charge in [0.2, 0.25) is 11.8 Å². The number of ether oxygens (including phenoxy) is 1. The van der Waals surface area contributed by atoms with Crippen LogP contribution in [0.25, 0.3) is 0 Å². The highest BCUT2D eigenvalue weighted by atomic mass is 16.6. The fraction of sp³-hybridized carbons (Fsp3) is 0.609. The molecule has 1 aromatic rings. The van der Waals surface area contributed by atoms with E-state index in [2.05, 4.69) is 15.5 Å². The van der Waals surface area contributed by atoms with E-state index in [1.807, 2.05) is 30.3 Å². The van der Waals surface area contributed by atoms with Crippen molar-refractivity contribution in [1.82, 2.24) is 20.4 Å². The summed E-state index contributed by atoms with van der Waals surface area (Å²) in [5, 5.41) is 5.53.